The summed E-state index contributed by atoms with van der Waals surface area (Å²) in [5.74, 6) is -0.0601. The summed E-state index contributed by atoms with van der Waals surface area (Å²) < 4.78 is 28.1. The number of hydrogen-bond acceptors (Lipinski definition) is 5. The van der Waals surface area contributed by atoms with Crippen LogP contribution in [0.2, 0.25) is 4.34 Å². The van der Waals surface area contributed by atoms with Crippen LogP contribution in [0.3, 0.4) is 0 Å². The molecule has 3 aromatic carbocycles. The molecule has 37 heavy (non-hydrogen) atoms. The highest BCUT2D eigenvalue weighted by Gasteiger charge is 2.28. The number of carbonyl (C=O) groups is 1. The number of amides is 1. The van der Waals surface area contributed by atoms with Gasteiger partial charge in [0.2, 0.25) is 0 Å². The first-order chi connectivity index (χ1) is 17.9. The lowest BCUT2D eigenvalue weighted by Gasteiger charge is -2.39. The van der Waals surface area contributed by atoms with Crippen LogP contribution in [0.5, 0.6) is 0 Å². The van der Waals surface area contributed by atoms with Crippen LogP contribution < -0.4 is 4.72 Å². The fourth-order valence-corrected chi connectivity index (χ4v) is 7.12. The molecular formula is C28H26ClN3O3S2. The molecule has 0 unspecified atom stereocenters. The first-order valence-corrected chi connectivity index (χ1v) is 14.6. The van der Waals surface area contributed by atoms with E-state index in [-0.39, 0.29) is 16.2 Å². The van der Waals surface area contributed by atoms with Crippen molar-refractivity contribution in [1.82, 2.24) is 9.80 Å². The third-order valence-electron chi connectivity index (χ3n) is 6.39. The van der Waals surface area contributed by atoms with E-state index < -0.39 is 10.0 Å². The molecular weight excluding hydrogens is 526 g/mol. The number of rotatable bonds is 7. The topological polar surface area (TPSA) is 69.7 Å². The van der Waals surface area contributed by atoms with E-state index in [1.54, 1.807) is 30.3 Å². The summed E-state index contributed by atoms with van der Waals surface area (Å²) >= 11 is 6.86. The van der Waals surface area contributed by atoms with Crippen molar-refractivity contribution in [3.05, 3.63) is 118 Å². The molecule has 1 fully saturated rings. The zero-order valence-electron chi connectivity index (χ0n) is 20.0. The molecule has 0 spiro atoms. The van der Waals surface area contributed by atoms with Crippen molar-refractivity contribution in [2.24, 2.45) is 0 Å². The average Bonchev–Trinajstić information content (AvgIpc) is 3.38. The molecule has 1 saturated heterocycles. The van der Waals surface area contributed by atoms with Crippen LogP contribution in [0.15, 0.2) is 101 Å². The van der Waals surface area contributed by atoms with Crippen molar-refractivity contribution in [3.63, 3.8) is 0 Å². The fraction of sp³-hybridized carbons (Fsp3) is 0.179. The number of nitrogens with one attached hydrogen (secondary N) is 1. The number of carbonyl (C=O) groups excluding carboxylic acids is 1. The Balaban J connectivity index is 1.24. The molecule has 1 N–H and O–H groups in total. The molecule has 6 nitrogen and oxygen atoms in total. The Labute approximate surface area is 226 Å². The molecule has 2 heterocycles. The summed E-state index contributed by atoms with van der Waals surface area (Å²) in [5.41, 5.74) is 3.38. The van der Waals surface area contributed by atoms with Crippen molar-refractivity contribution in [2.45, 2.75) is 10.3 Å². The molecule has 1 aliphatic heterocycles. The Bertz CT molecular complexity index is 1410. The van der Waals surface area contributed by atoms with Gasteiger partial charge in [0.25, 0.3) is 15.9 Å². The number of thiophene rings is 1. The largest absolute Gasteiger partial charge is 0.336 e. The van der Waals surface area contributed by atoms with Gasteiger partial charge < -0.3 is 4.90 Å². The van der Waals surface area contributed by atoms with Gasteiger partial charge in [-0.3, -0.25) is 14.4 Å². The van der Waals surface area contributed by atoms with Crippen LogP contribution in [-0.2, 0) is 10.0 Å². The maximum absolute atomic E-state index is 13.2. The van der Waals surface area contributed by atoms with Gasteiger partial charge in [-0.15, -0.1) is 11.3 Å². The van der Waals surface area contributed by atoms with Gasteiger partial charge in [-0.25, -0.2) is 8.42 Å². The summed E-state index contributed by atoms with van der Waals surface area (Å²) in [7, 11) is -3.72. The molecule has 0 saturated carbocycles. The van der Waals surface area contributed by atoms with Gasteiger partial charge in [0.1, 0.15) is 4.21 Å². The highest BCUT2D eigenvalue weighted by atomic mass is 35.5. The summed E-state index contributed by atoms with van der Waals surface area (Å²) in [6.45, 7) is 2.73. The van der Waals surface area contributed by atoms with E-state index in [2.05, 4.69) is 58.2 Å². The molecule has 190 valence electrons. The monoisotopic (exact) mass is 551 g/mol. The Morgan fingerprint density at radius 2 is 1.35 bits per heavy atom. The van der Waals surface area contributed by atoms with Crippen LogP contribution >= 0.6 is 22.9 Å². The highest BCUT2D eigenvalue weighted by molar-refractivity contribution is 7.94. The van der Waals surface area contributed by atoms with Crippen LogP contribution in [0.1, 0.15) is 27.5 Å². The lowest BCUT2D eigenvalue weighted by molar-refractivity contribution is 0.0597. The zero-order valence-corrected chi connectivity index (χ0v) is 22.3. The number of halogens is 1. The quantitative estimate of drug-likeness (QED) is 0.317. The maximum Gasteiger partial charge on any atom is 0.271 e. The summed E-state index contributed by atoms with van der Waals surface area (Å²) in [6, 6.07) is 30.6. The fourth-order valence-electron chi connectivity index (χ4n) is 4.58. The van der Waals surface area contributed by atoms with E-state index in [0.717, 1.165) is 24.4 Å². The van der Waals surface area contributed by atoms with Gasteiger partial charge in [0.15, 0.2) is 0 Å². The van der Waals surface area contributed by atoms with Crippen molar-refractivity contribution in [2.75, 3.05) is 30.9 Å². The molecule has 0 aliphatic carbocycles. The first-order valence-electron chi connectivity index (χ1n) is 11.9. The van der Waals surface area contributed by atoms with Crippen LogP contribution in [0, 0.1) is 0 Å². The number of piperazine rings is 1. The number of benzene rings is 3. The Kier molecular flexibility index (Phi) is 7.62. The van der Waals surface area contributed by atoms with Crippen LogP contribution in [-0.4, -0.2) is 50.3 Å². The molecule has 0 atom stereocenters. The predicted octanol–water partition coefficient (Wildman–Crippen LogP) is 5.75. The Hall–Kier alpha value is -3.17. The van der Waals surface area contributed by atoms with Gasteiger partial charge in [0.05, 0.1) is 10.4 Å². The summed E-state index contributed by atoms with van der Waals surface area (Å²) in [6.07, 6.45) is 0. The number of sulfonamides is 1. The molecule has 1 aliphatic rings. The predicted molar refractivity (Wildman–Crippen MR) is 149 cm³/mol. The first kappa shape index (κ1) is 25.5. The van der Waals surface area contributed by atoms with Gasteiger partial charge in [-0.1, -0.05) is 72.3 Å². The van der Waals surface area contributed by atoms with Crippen molar-refractivity contribution >= 4 is 44.6 Å². The van der Waals surface area contributed by atoms with Gasteiger partial charge >= 0.3 is 0 Å². The lowest BCUT2D eigenvalue weighted by atomic mass is 9.96. The third-order valence-corrected chi connectivity index (χ3v) is 9.50. The Morgan fingerprint density at radius 1 is 0.784 bits per heavy atom. The van der Waals surface area contributed by atoms with Crippen molar-refractivity contribution < 1.29 is 13.2 Å². The number of anilines is 1. The molecule has 1 aromatic heterocycles. The van der Waals surface area contributed by atoms with E-state index in [9.17, 15) is 13.2 Å². The molecule has 4 aromatic rings. The second-order valence-corrected chi connectivity index (χ2v) is 12.4. The molecule has 9 heteroatoms. The van der Waals surface area contributed by atoms with Gasteiger partial charge in [-0.05, 0) is 47.5 Å². The van der Waals surface area contributed by atoms with E-state index in [1.807, 2.05) is 17.0 Å². The third kappa shape index (κ3) is 5.88. The second-order valence-electron chi connectivity index (χ2n) is 8.79. The minimum absolute atomic E-state index is 0.0601. The lowest BCUT2D eigenvalue weighted by Crippen LogP contribution is -2.49. The van der Waals surface area contributed by atoms with E-state index in [1.165, 1.54) is 17.2 Å². The van der Waals surface area contributed by atoms with Crippen LogP contribution in [0.4, 0.5) is 5.69 Å². The average molecular weight is 552 g/mol. The maximum atomic E-state index is 13.2. The van der Waals surface area contributed by atoms with E-state index >= 15 is 0 Å². The Morgan fingerprint density at radius 3 is 1.86 bits per heavy atom. The minimum atomic E-state index is -3.72. The molecule has 0 radical (unpaired) electrons. The SMILES string of the molecule is O=C(c1ccc(NS(=O)(=O)c2ccc(Cl)s2)cc1)N1CCN(C(c2ccccc2)c2ccccc2)CC1. The van der Waals surface area contributed by atoms with Crippen molar-refractivity contribution in [1.29, 1.82) is 0 Å². The normalized spacial score (nSPS) is 14.6. The summed E-state index contributed by atoms with van der Waals surface area (Å²) in [4.78, 5) is 17.5. The molecule has 1 amide bonds. The van der Waals surface area contributed by atoms with Gasteiger partial charge in [-0.2, -0.15) is 0 Å². The van der Waals surface area contributed by atoms with Crippen molar-refractivity contribution in [3.8, 4) is 0 Å². The number of hydrogen-bond donors (Lipinski definition) is 1. The minimum Gasteiger partial charge on any atom is -0.336 e. The smallest absolute Gasteiger partial charge is 0.271 e. The highest BCUT2D eigenvalue weighted by Crippen LogP contribution is 2.30. The van der Waals surface area contributed by atoms with Crippen LogP contribution in [0.25, 0.3) is 0 Å². The number of nitrogens with zero attached hydrogens (tertiary/aromatic N) is 2. The molecule has 0 bridgehead atoms. The van der Waals surface area contributed by atoms with E-state index in [4.69, 9.17) is 11.6 Å². The van der Waals surface area contributed by atoms with E-state index in [0.29, 0.717) is 28.7 Å². The second kappa shape index (κ2) is 11.1. The summed E-state index contributed by atoms with van der Waals surface area (Å²) in [5, 5.41) is 0. The van der Waals surface area contributed by atoms with Gasteiger partial charge in [0, 0.05) is 37.4 Å². The standard InChI is InChI=1S/C28H26ClN3O3S2/c29-25-15-16-26(36-25)37(34,35)30-24-13-11-23(12-14-24)28(33)32-19-17-31(18-20-32)27(21-7-3-1-4-8-21)22-9-5-2-6-10-22/h1-16,27,30H,17-20H2. The zero-order chi connectivity index (χ0) is 25.8. The molecule has 5 rings (SSSR count).